The van der Waals surface area contributed by atoms with Crippen molar-refractivity contribution < 1.29 is 4.39 Å². The van der Waals surface area contributed by atoms with Crippen LogP contribution in [0.2, 0.25) is 5.02 Å². The van der Waals surface area contributed by atoms with Crippen molar-refractivity contribution in [3.63, 3.8) is 0 Å². The van der Waals surface area contributed by atoms with Gasteiger partial charge in [0.25, 0.3) is 0 Å². The Labute approximate surface area is 97.2 Å². The van der Waals surface area contributed by atoms with Crippen LogP contribution < -0.4 is 10.9 Å². The van der Waals surface area contributed by atoms with Crippen LogP contribution in [0.25, 0.3) is 0 Å². The second-order valence-electron chi connectivity index (χ2n) is 3.09. The van der Waals surface area contributed by atoms with Crippen molar-refractivity contribution in [1.82, 2.24) is 4.98 Å². The molecule has 0 spiro atoms. The van der Waals surface area contributed by atoms with Gasteiger partial charge in [0.05, 0.1) is 10.7 Å². The van der Waals surface area contributed by atoms with Gasteiger partial charge in [0, 0.05) is 6.20 Å². The van der Waals surface area contributed by atoms with Crippen molar-refractivity contribution in [2.75, 3.05) is 10.9 Å². The standard InChI is InChI=1S/C11H9ClFN3/c12-10-2-1-7-14-11(10)16-15-9-5-3-8(13)4-6-9/h1-7,15H,(H,14,16). The number of halogens is 2. The molecule has 2 N–H and O–H groups in total. The average molecular weight is 238 g/mol. The number of nitrogens with one attached hydrogen (secondary N) is 2. The van der Waals surface area contributed by atoms with Crippen molar-refractivity contribution >= 4 is 23.1 Å². The number of benzene rings is 1. The monoisotopic (exact) mass is 237 g/mol. The molecule has 82 valence electrons. The van der Waals surface area contributed by atoms with Crippen LogP contribution in [0.3, 0.4) is 0 Å². The Bertz CT molecular complexity index is 473. The first kappa shape index (κ1) is 10.7. The lowest BCUT2D eigenvalue weighted by molar-refractivity contribution is 0.628. The lowest BCUT2D eigenvalue weighted by Gasteiger charge is -2.09. The van der Waals surface area contributed by atoms with E-state index in [1.165, 1.54) is 12.1 Å². The van der Waals surface area contributed by atoms with Gasteiger partial charge in [-0.2, -0.15) is 0 Å². The molecule has 0 amide bonds. The van der Waals surface area contributed by atoms with E-state index < -0.39 is 0 Å². The zero-order valence-corrected chi connectivity index (χ0v) is 9.00. The quantitative estimate of drug-likeness (QED) is 0.805. The van der Waals surface area contributed by atoms with Gasteiger partial charge in [0.15, 0.2) is 5.82 Å². The highest BCUT2D eigenvalue weighted by atomic mass is 35.5. The van der Waals surface area contributed by atoms with Gasteiger partial charge in [0.2, 0.25) is 0 Å². The second kappa shape index (κ2) is 4.81. The van der Waals surface area contributed by atoms with Gasteiger partial charge >= 0.3 is 0 Å². The van der Waals surface area contributed by atoms with Crippen LogP contribution in [-0.2, 0) is 0 Å². The second-order valence-corrected chi connectivity index (χ2v) is 3.50. The number of pyridine rings is 1. The summed E-state index contributed by atoms with van der Waals surface area (Å²) in [5, 5.41) is 0.511. The number of hydrogen-bond donors (Lipinski definition) is 2. The fourth-order valence-corrected chi connectivity index (χ4v) is 1.31. The van der Waals surface area contributed by atoms with Gasteiger partial charge in [0.1, 0.15) is 5.82 Å². The molecule has 0 aliphatic carbocycles. The number of rotatable bonds is 3. The zero-order chi connectivity index (χ0) is 11.4. The molecule has 16 heavy (non-hydrogen) atoms. The molecule has 1 aromatic carbocycles. The molecule has 1 aromatic heterocycles. The maximum absolute atomic E-state index is 12.6. The average Bonchev–Trinajstić information content (AvgIpc) is 2.30. The van der Waals surface area contributed by atoms with Crippen molar-refractivity contribution in [3.8, 4) is 0 Å². The molecule has 0 bridgehead atoms. The minimum atomic E-state index is -0.276. The molecule has 0 saturated carbocycles. The third kappa shape index (κ3) is 2.61. The SMILES string of the molecule is Fc1ccc(NNc2ncccc2Cl)cc1. The van der Waals surface area contributed by atoms with E-state index >= 15 is 0 Å². The third-order valence-electron chi connectivity index (χ3n) is 1.93. The van der Waals surface area contributed by atoms with Crippen LogP contribution in [0.1, 0.15) is 0 Å². The van der Waals surface area contributed by atoms with Crippen molar-refractivity contribution in [1.29, 1.82) is 0 Å². The van der Waals surface area contributed by atoms with E-state index in [0.717, 1.165) is 5.69 Å². The van der Waals surface area contributed by atoms with E-state index in [4.69, 9.17) is 11.6 Å². The Morgan fingerprint density at radius 3 is 2.50 bits per heavy atom. The summed E-state index contributed by atoms with van der Waals surface area (Å²) in [7, 11) is 0. The zero-order valence-electron chi connectivity index (χ0n) is 8.24. The molecular formula is C11H9ClFN3. The molecule has 0 atom stereocenters. The summed E-state index contributed by atoms with van der Waals surface area (Å²) in [4.78, 5) is 4.03. The van der Waals surface area contributed by atoms with Crippen LogP contribution in [0.4, 0.5) is 15.9 Å². The molecule has 0 saturated heterocycles. The summed E-state index contributed by atoms with van der Waals surface area (Å²) < 4.78 is 12.6. The normalized spacial score (nSPS) is 9.88. The molecule has 0 unspecified atom stereocenters. The minimum absolute atomic E-state index is 0.276. The Balaban J connectivity index is 2.02. The van der Waals surface area contributed by atoms with E-state index in [-0.39, 0.29) is 5.82 Å². The van der Waals surface area contributed by atoms with E-state index in [1.807, 2.05) is 0 Å². The van der Waals surface area contributed by atoms with Crippen molar-refractivity contribution in [2.45, 2.75) is 0 Å². The fourth-order valence-electron chi connectivity index (χ4n) is 1.14. The molecule has 3 nitrogen and oxygen atoms in total. The van der Waals surface area contributed by atoms with E-state index in [2.05, 4.69) is 15.8 Å². The number of nitrogens with zero attached hydrogens (tertiary/aromatic N) is 1. The molecule has 2 aromatic rings. The van der Waals surface area contributed by atoms with Gasteiger partial charge in [-0.05, 0) is 36.4 Å². The van der Waals surface area contributed by atoms with E-state index in [1.54, 1.807) is 30.5 Å². The largest absolute Gasteiger partial charge is 0.300 e. The Hall–Kier alpha value is -1.81. The summed E-state index contributed by atoms with van der Waals surface area (Å²) in [5.74, 6) is 0.245. The summed E-state index contributed by atoms with van der Waals surface area (Å²) in [6, 6.07) is 9.42. The summed E-state index contributed by atoms with van der Waals surface area (Å²) in [6.45, 7) is 0. The maximum atomic E-state index is 12.6. The van der Waals surface area contributed by atoms with Gasteiger partial charge < -0.3 is 0 Å². The minimum Gasteiger partial charge on any atom is -0.300 e. The van der Waals surface area contributed by atoms with Crippen molar-refractivity contribution in [3.05, 3.63) is 53.4 Å². The fraction of sp³-hybridized carbons (Fsp3) is 0. The number of anilines is 2. The maximum Gasteiger partial charge on any atom is 0.163 e. The van der Waals surface area contributed by atoms with Crippen LogP contribution in [-0.4, -0.2) is 4.98 Å². The molecule has 0 radical (unpaired) electrons. The molecule has 0 fully saturated rings. The molecule has 0 aliphatic heterocycles. The predicted molar refractivity (Wildman–Crippen MR) is 62.9 cm³/mol. The number of hydrogen-bond acceptors (Lipinski definition) is 3. The van der Waals surface area contributed by atoms with E-state index in [9.17, 15) is 4.39 Å². The smallest absolute Gasteiger partial charge is 0.163 e. The van der Waals surface area contributed by atoms with Crippen LogP contribution in [0, 0.1) is 5.82 Å². The number of aromatic nitrogens is 1. The van der Waals surface area contributed by atoms with Gasteiger partial charge in [-0.3, -0.25) is 10.9 Å². The Morgan fingerprint density at radius 2 is 1.81 bits per heavy atom. The first-order valence-electron chi connectivity index (χ1n) is 4.64. The summed E-state index contributed by atoms with van der Waals surface area (Å²) in [6.07, 6.45) is 1.63. The molecular weight excluding hydrogens is 229 g/mol. The Morgan fingerprint density at radius 1 is 1.06 bits per heavy atom. The molecule has 0 aliphatic rings. The summed E-state index contributed by atoms with van der Waals surface area (Å²) >= 11 is 5.89. The van der Waals surface area contributed by atoms with Crippen LogP contribution in [0.5, 0.6) is 0 Å². The Kier molecular flexibility index (Phi) is 3.22. The predicted octanol–water partition coefficient (Wildman–Crippen LogP) is 3.31. The molecule has 2 rings (SSSR count). The first-order chi connectivity index (χ1) is 7.75. The van der Waals surface area contributed by atoms with Gasteiger partial charge in [-0.1, -0.05) is 11.6 Å². The van der Waals surface area contributed by atoms with Gasteiger partial charge in [-0.15, -0.1) is 0 Å². The first-order valence-corrected chi connectivity index (χ1v) is 5.01. The summed E-state index contributed by atoms with van der Waals surface area (Å²) in [5.41, 5.74) is 6.42. The highest BCUT2D eigenvalue weighted by molar-refractivity contribution is 6.32. The van der Waals surface area contributed by atoms with E-state index in [0.29, 0.717) is 10.8 Å². The topological polar surface area (TPSA) is 37.0 Å². The van der Waals surface area contributed by atoms with Gasteiger partial charge in [-0.25, -0.2) is 9.37 Å². The highest BCUT2D eigenvalue weighted by Gasteiger charge is 1.98. The third-order valence-corrected chi connectivity index (χ3v) is 2.23. The molecule has 5 heteroatoms. The van der Waals surface area contributed by atoms with Crippen molar-refractivity contribution in [2.24, 2.45) is 0 Å². The lowest BCUT2D eigenvalue weighted by atomic mass is 10.3. The molecule has 1 heterocycles. The lowest BCUT2D eigenvalue weighted by Crippen LogP contribution is -2.10. The van der Waals surface area contributed by atoms with Crippen LogP contribution >= 0.6 is 11.6 Å². The highest BCUT2D eigenvalue weighted by Crippen LogP contribution is 2.17. The van der Waals surface area contributed by atoms with Crippen LogP contribution in [0.15, 0.2) is 42.6 Å². The number of hydrazine groups is 1.